The largest absolute Gasteiger partial charge is 0.379 e. The molecule has 1 aliphatic heterocycles. The van der Waals surface area contributed by atoms with Crippen molar-refractivity contribution in [3.63, 3.8) is 0 Å². The van der Waals surface area contributed by atoms with Crippen LogP contribution in [0, 0.1) is 13.8 Å². The zero-order chi connectivity index (χ0) is 20.4. The van der Waals surface area contributed by atoms with Crippen LogP contribution in [0.15, 0.2) is 23.6 Å². The normalized spacial score (nSPS) is 15.0. The first-order chi connectivity index (χ1) is 14.0. The van der Waals surface area contributed by atoms with Gasteiger partial charge in [0.2, 0.25) is 0 Å². The maximum atomic E-state index is 12.9. The maximum absolute atomic E-state index is 12.9. The molecule has 1 fully saturated rings. The number of nitrogens with zero attached hydrogens (tertiary/aromatic N) is 5. The second kappa shape index (κ2) is 8.52. The summed E-state index contributed by atoms with van der Waals surface area (Å²) < 4.78 is 5.39. The van der Waals surface area contributed by atoms with E-state index in [2.05, 4.69) is 14.9 Å². The molecule has 3 heterocycles. The Kier molecular flexibility index (Phi) is 5.84. The summed E-state index contributed by atoms with van der Waals surface area (Å²) in [6, 6.07) is 5.49. The molecular weight excluding hydrogens is 386 g/mol. The molecule has 2 aromatic heterocycles. The molecule has 0 N–H and O–H groups in total. The quantitative estimate of drug-likeness (QED) is 0.643. The van der Waals surface area contributed by atoms with Crippen LogP contribution in [-0.2, 0) is 17.8 Å². The highest BCUT2D eigenvalue weighted by atomic mass is 32.1. The zero-order valence-electron chi connectivity index (χ0n) is 17.0. The molecule has 29 heavy (non-hydrogen) atoms. The highest BCUT2D eigenvalue weighted by Crippen LogP contribution is 2.18. The molecule has 4 rings (SSSR count). The number of aryl methyl sites for hydroxylation is 2. The van der Waals surface area contributed by atoms with Gasteiger partial charge >= 0.3 is 0 Å². The van der Waals surface area contributed by atoms with Crippen LogP contribution in [0.25, 0.3) is 11.0 Å². The van der Waals surface area contributed by atoms with Crippen LogP contribution in [-0.4, -0.2) is 64.0 Å². The predicted octanol–water partition coefficient (Wildman–Crippen LogP) is 2.81. The SMILES string of the molecule is Cc1nc2ccc(C(=O)N(C)Cc3csc(CN4CCOCC4)n3)cc2nc1C. The number of thiazole rings is 1. The molecule has 152 valence electrons. The molecule has 7 nitrogen and oxygen atoms in total. The Hall–Kier alpha value is -2.42. The number of hydrogen-bond acceptors (Lipinski definition) is 7. The third kappa shape index (κ3) is 4.60. The molecule has 0 atom stereocenters. The fraction of sp³-hybridized carbons (Fsp3) is 0.429. The maximum Gasteiger partial charge on any atom is 0.254 e. The van der Waals surface area contributed by atoms with Crippen molar-refractivity contribution in [1.29, 1.82) is 0 Å². The lowest BCUT2D eigenvalue weighted by molar-refractivity contribution is 0.0341. The van der Waals surface area contributed by atoms with Gasteiger partial charge in [-0.15, -0.1) is 11.3 Å². The van der Waals surface area contributed by atoms with Crippen LogP contribution in [0.1, 0.15) is 32.4 Å². The Bertz CT molecular complexity index is 1030. The van der Waals surface area contributed by atoms with Crippen LogP contribution in [0.2, 0.25) is 0 Å². The van der Waals surface area contributed by atoms with Crippen LogP contribution in [0.5, 0.6) is 0 Å². The summed E-state index contributed by atoms with van der Waals surface area (Å²) in [4.78, 5) is 30.8. The summed E-state index contributed by atoms with van der Waals surface area (Å²) in [5.41, 5.74) is 4.87. The lowest BCUT2D eigenvalue weighted by atomic mass is 10.1. The van der Waals surface area contributed by atoms with E-state index in [0.717, 1.165) is 66.0 Å². The molecule has 0 unspecified atom stereocenters. The zero-order valence-corrected chi connectivity index (χ0v) is 17.8. The fourth-order valence-electron chi connectivity index (χ4n) is 3.34. The number of fused-ring (bicyclic) bond motifs is 1. The van der Waals surface area contributed by atoms with Gasteiger partial charge in [0, 0.05) is 31.1 Å². The molecule has 0 spiro atoms. The van der Waals surface area contributed by atoms with Gasteiger partial charge in [-0.1, -0.05) is 0 Å². The van der Waals surface area contributed by atoms with E-state index in [1.54, 1.807) is 23.3 Å². The van der Waals surface area contributed by atoms with Gasteiger partial charge in [-0.05, 0) is 32.0 Å². The van der Waals surface area contributed by atoms with E-state index < -0.39 is 0 Å². The van der Waals surface area contributed by atoms with Gasteiger partial charge in [-0.25, -0.2) is 15.0 Å². The van der Waals surface area contributed by atoms with Crippen molar-refractivity contribution < 1.29 is 9.53 Å². The lowest BCUT2D eigenvalue weighted by Crippen LogP contribution is -2.35. The van der Waals surface area contributed by atoms with Gasteiger partial charge < -0.3 is 9.64 Å². The molecule has 1 saturated heterocycles. The lowest BCUT2D eigenvalue weighted by Gasteiger charge is -2.25. The second-order valence-corrected chi connectivity index (χ2v) is 8.32. The Morgan fingerprint density at radius 2 is 1.86 bits per heavy atom. The first-order valence-electron chi connectivity index (χ1n) is 9.73. The van der Waals surface area contributed by atoms with Gasteiger partial charge in [0.05, 0.1) is 54.4 Å². The molecule has 8 heteroatoms. The molecule has 0 saturated carbocycles. The first kappa shape index (κ1) is 19.9. The monoisotopic (exact) mass is 411 g/mol. The van der Waals surface area contributed by atoms with Crippen LogP contribution < -0.4 is 0 Å². The summed E-state index contributed by atoms with van der Waals surface area (Å²) in [7, 11) is 1.81. The van der Waals surface area contributed by atoms with E-state index in [-0.39, 0.29) is 5.91 Å². The van der Waals surface area contributed by atoms with Gasteiger partial charge in [0.1, 0.15) is 5.01 Å². The van der Waals surface area contributed by atoms with Crippen molar-refractivity contribution in [3.8, 4) is 0 Å². The molecule has 0 radical (unpaired) electrons. The highest BCUT2D eigenvalue weighted by molar-refractivity contribution is 7.09. The molecule has 3 aromatic rings. The molecule has 1 amide bonds. The number of amides is 1. The predicted molar refractivity (Wildman–Crippen MR) is 113 cm³/mol. The molecular formula is C21H25N5O2S. The molecule has 1 aromatic carbocycles. The number of aromatic nitrogens is 3. The summed E-state index contributed by atoms with van der Waals surface area (Å²) in [5.74, 6) is -0.0466. The molecule has 1 aliphatic rings. The van der Waals surface area contributed by atoms with E-state index in [1.165, 1.54) is 0 Å². The van der Waals surface area contributed by atoms with E-state index >= 15 is 0 Å². The number of rotatable bonds is 5. The number of benzene rings is 1. The Labute approximate surface area is 174 Å². The number of ether oxygens (including phenoxy) is 1. The summed E-state index contributed by atoms with van der Waals surface area (Å²) >= 11 is 1.65. The summed E-state index contributed by atoms with van der Waals surface area (Å²) in [6.45, 7) is 8.64. The first-order valence-corrected chi connectivity index (χ1v) is 10.6. The average molecular weight is 412 g/mol. The standard InChI is InChI=1S/C21H25N5O2S/c1-14-15(2)23-19-10-16(4-5-18(19)22-14)21(27)25(3)11-17-13-29-20(24-17)12-26-6-8-28-9-7-26/h4-5,10,13H,6-9,11-12H2,1-3H3. The minimum absolute atomic E-state index is 0.0466. The van der Waals surface area contributed by atoms with E-state index in [1.807, 2.05) is 37.4 Å². The fourth-order valence-corrected chi connectivity index (χ4v) is 4.17. The Morgan fingerprint density at radius 3 is 2.62 bits per heavy atom. The van der Waals surface area contributed by atoms with E-state index in [4.69, 9.17) is 9.72 Å². The topological polar surface area (TPSA) is 71.5 Å². The van der Waals surface area contributed by atoms with Gasteiger partial charge in [-0.3, -0.25) is 9.69 Å². The molecule has 0 bridgehead atoms. The van der Waals surface area contributed by atoms with E-state index in [0.29, 0.717) is 12.1 Å². The third-order valence-electron chi connectivity index (χ3n) is 5.13. The van der Waals surface area contributed by atoms with Crippen LogP contribution in [0.4, 0.5) is 0 Å². The van der Waals surface area contributed by atoms with Gasteiger partial charge in [0.25, 0.3) is 5.91 Å². The van der Waals surface area contributed by atoms with Crippen LogP contribution in [0.3, 0.4) is 0 Å². The van der Waals surface area contributed by atoms with Crippen molar-refractivity contribution in [2.75, 3.05) is 33.4 Å². The Morgan fingerprint density at radius 1 is 1.14 bits per heavy atom. The number of carbonyl (C=O) groups excluding carboxylic acids is 1. The Balaban J connectivity index is 1.43. The number of carbonyl (C=O) groups is 1. The second-order valence-electron chi connectivity index (χ2n) is 7.38. The van der Waals surface area contributed by atoms with Crippen molar-refractivity contribution in [3.05, 3.63) is 51.2 Å². The number of hydrogen-bond donors (Lipinski definition) is 0. The average Bonchev–Trinajstić information content (AvgIpc) is 3.15. The minimum atomic E-state index is -0.0466. The van der Waals surface area contributed by atoms with Gasteiger partial charge in [0.15, 0.2) is 0 Å². The van der Waals surface area contributed by atoms with Crippen LogP contribution >= 0.6 is 11.3 Å². The smallest absolute Gasteiger partial charge is 0.254 e. The van der Waals surface area contributed by atoms with Crippen molar-refractivity contribution in [2.45, 2.75) is 26.9 Å². The summed E-state index contributed by atoms with van der Waals surface area (Å²) in [6.07, 6.45) is 0. The van der Waals surface area contributed by atoms with Crippen molar-refractivity contribution in [1.82, 2.24) is 24.8 Å². The van der Waals surface area contributed by atoms with Gasteiger partial charge in [-0.2, -0.15) is 0 Å². The minimum Gasteiger partial charge on any atom is -0.379 e. The molecule has 0 aliphatic carbocycles. The number of morpholine rings is 1. The van der Waals surface area contributed by atoms with E-state index in [9.17, 15) is 4.79 Å². The summed E-state index contributed by atoms with van der Waals surface area (Å²) in [5, 5.41) is 3.12. The van der Waals surface area contributed by atoms with Crippen molar-refractivity contribution >= 4 is 28.3 Å². The third-order valence-corrected chi connectivity index (χ3v) is 6.01. The van der Waals surface area contributed by atoms with Crippen molar-refractivity contribution in [2.24, 2.45) is 0 Å². The highest BCUT2D eigenvalue weighted by Gasteiger charge is 2.17.